The van der Waals surface area contributed by atoms with E-state index < -0.39 is 0 Å². The van der Waals surface area contributed by atoms with E-state index in [0.717, 1.165) is 0 Å². The van der Waals surface area contributed by atoms with Crippen molar-refractivity contribution in [1.82, 2.24) is 4.98 Å². The average molecular weight is 309 g/mol. The lowest BCUT2D eigenvalue weighted by Crippen LogP contribution is -2.07. The van der Waals surface area contributed by atoms with E-state index in [1.54, 1.807) is 30.5 Å². The lowest BCUT2D eigenvalue weighted by atomic mass is 9.99. The summed E-state index contributed by atoms with van der Waals surface area (Å²) in [6, 6.07) is 17.9. The molecule has 0 aliphatic carbocycles. The Morgan fingerprint density at radius 2 is 1.64 bits per heavy atom. The molecule has 0 fully saturated rings. The van der Waals surface area contributed by atoms with E-state index in [1.165, 1.54) is 0 Å². The fraction of sp³-hybridized carbons (Fsp3) is 0. The summed E-state index contributed by atoms with van der Waals surface area (Å²) in [4.78, 5) is 16.9. The molecule has 1 heterocycles. The van der Waals surface area contributed by atoms with Gasteiger partial charge in [-0.25, -0.2) is 0 Å². The third-order valence-electron chi connectivity index (χ3n) is 3.40. The second kappa shape index (κ2) is 6.00. The van der Waals surface area contributed by atoms with E-state index in [9.17, 15) is 4.79 Å². The van der Waals surface area contributed by atoms with Crippen molar-refractivity contribution in [2.75, 3.05) is 5.73 Å². The van der Waals surface area contributed by atoms with Gasteiger partial charge in [0.25, 0.3) is 0 Å². The molecule has 22 heavy (non-hydrogen) atoms. The average Bonchev–Trinajstić information content (AvgIpc) is 2.56. The van der Waals surface area contributed by atoms with Crippen molar-refractivity contribution in [2.45, 2.75) is 0 Å². The standard InChI is InChI=1S/C18H13ClN2O/c19-15-9-5-4-8-13(15)17-16(20)14(10-11-21-17)18(22)12-6-2-1-3-7-12/h1-11H,20H2. The van der Waals surface area contributed by atoms with Crippen LogP contribution in [0.15, 0.2) is 66.9 Å². The first-order chi connectivity index (χ1) is 10.7. The maximum Gasteiger partial charge on any atom is 0.195 e. The number of carbonyl (C=O) groups is 1. The van der Waals surface area contributed by atoms with Crippen molar-refractivity contribution >= 4 is 23.1 Å². The van der Waals surface area contributed by atoms with Crippen molar-refractivity contribution in [1.29, 1.82) is 0 Å². The van der Waals surface area contributed by atoms with Gasteiger partial charge in [0.1, 0.15) is 0 Å². The molecule has 0 bridgehead atoms. The molecular weight excluding hydrogens is 296 g/mol. The molecule has 3 aromatic rings. The van der Waals surface area contributed by atoms with E-state index in [0.29, 0.717) is 33.1 Å². The molecule has 108 valence electrons. The molecule has 0 aliphatic heterocycles. The number of ketones is 1. The highest BCUT2D eigenvalue weighted by Crippen LogP contribution is 2.32. The zero-order chi connectivity index (χ0) is 15.5. The van der Waals surface area contributed by atoms with Crippen molar-refractivity contribution < 1.29 is 4.79 Å². The van der Waals surface area contributed by atoms with Gasteiger partial charge >= 0.3 is 0 Å². The van der Waals surface area contributed by atoms with E-state index in [1.807, 2.05) is 36.4 Å². The lowest BCUT2D eigenvalue weighted by molar-refractivity contribution is 0.103. The van der Waals surface area contributed by atoms with Gasteiger partial charge < -0.3 is 5.73 Å². The van der Waals surface area contributed by atoms with Crippen LogP contribution in [0.2, 0.25) is 5.02 Å². The van der Waals surface area contributed by atoms with Gasteiger partial charge in [-0.15, -0.1) is 0 Å². The Hall–Kier alpha value is -2.65. The van der Waals surface area contributed by atoms with Gasteiger partial charge in [-0.05, 0) is 12.1 Å². The minimum Gasteiger partial charge on any atom is -0.396 e. The predicted molar refractivity (Wildman–Crippen MR) is 89.0 cm³/mol. The summed E-state index contributed by atoms with van der Waals surface area (Å²) in [6.45, 7) is 0. The molecule has 0 saturated heterocycles. The first-order valence-corrected chi connectivity index (χ1v) is 7.15. The summed E-state index contributed by atoms with van der Waals surface area (Å²) in [5.41, 5.74) is 8.77. The molecule has 2 aromatic carbocycles. The zero-order valence-electron chi connectivity index (χ0n) is 11.7. The van der Waals surface area contributed by atoms with Gasteiger partial charge in [0.15, 0.2) is 5.78 Å². The smallest absolute Gasteiger partial charge is 0.195 e. The largest absolute Gasteiger partial charge is 0.396 e. The van der Waals surface area contributed by atoms with Crippen LogP contribution in [0, 0.1) is 0 Å². The molecule has 3 rings (SSSR count). The van der Waals surface area contributed by atoms with Gasteiger partial charge in [-0.2, -0.15) is 0 Å². The number of pyridine rings is 1. The number of rotatable bonds is 3. The quantitative estimate of drug-likeness (QED) is 0.737. The molecule has 0 unspecified atom stereocenters. The normalized spacial score (nSPS) is 10.4. The van der Waals surface area contributed by atoms with Crippen LogP contribution in [-0.2, 0) is 0 Å². The highest BCUT2D eigenvalue weighted by molar-refractivity contribution is 6.33. The summed E-state index contributed by atoms with van der Waals surface area (Å²) >= 11 is 6.20. The van der Waals surface area contributed by atoms with E-state index in [-0.39, 0.29) is 5.78 Å². The molecule has 0 aliphatic rings. The van der Waals surface area contributed by atoms with Gasteiger partial charge in [0, 0.05) is 22.9 Å². The number of carbonyl (C=O) groups excluding carboxylic acids is 1. The highest BCUT2D eigenvalue weighted by Gasteiger charge is 2.17. The molecule has 0 radical (unpaired) electrons. The van der Waals surface area contributed by atoms with Gasteiger partial charge in [-0.1, -0.05) is 60.1 Å². The van der Waals surface area contributed by atoms with Crippen LogP contribution in [0.5, 0.6) is 0 Å². The van der Waals surface area contributed by atoms with Crippen LogP contribution >= 0.6 is 11.6 Å². The first-order valence-electron chi connectivity index (χ1n) is 6.77. The number of nitrogen functional groups attached to an aromatic ring is 1. The highest BCUT2D eigenvalue weighted by atomic mass is 35.5. The third-order valence-corrected chi connectivity index (χ3v) is 3.73. The number of hydrogen-bond acceptors (Lipinski definition) is 3. The summed E-state index contributed by atoms with van der Waals surface area (Å²) in [5, 5.41) is 0.547. The molecule has 1 aromatic heterocycles. The van der Waals surface area contributed by atoms with Gasteiger partial charge in [0.2, 0.25) is 0 Å². The maximum absolute atomic E-state index is 12.6. The fourth-order valence-corrected chi connectivity index (χ4v) is 2.51. The van der Waals surface area contributed by atoms with Crippen molar-refractivity contribution in [3.63, 3.8) is 0 Å². The number of hydrogen-bond donors (Lipinski definition) is 1. The van der Waals surface area contributed by atoms with E-state index in [2.05, 4.69) is 4.98 Å². The lowest BCUT2D eigenvalue weighted by Gasteiger charge is -2.10. The SMILES string of the molecule is Nc1c(C(=O)c2ccccc2)ccnc1-c1ccccc1Cl. The number of benzene rings is 2. The molecule has 0 atom stereocenters. The minimum atomic E-state index is -0.131. The summed E-state index contributed by atoms with van der Waals surface area (Å²) in [6.07, 6.45) is 1.57. The molecule has 3 nitrogen and oxygen atoms in total. The molecule has 0 saturated carbocycles. The first kappa shape index (κ1) is 14.3. The minimum absolute atomic E-state index is 0.131. The molecule has 2 N–H and O–H groups in total. The molecule has 0 spiro atoms. The van der Waals surface area contributed by atoms with Crippen molar-refractivity contribution in [3.8, 4) is 11.3 Å². The van der Waals surface area contributed by atoms with E-state index >= 15 is 0 Å². The molecule has 0 amide bonds. The second-order valence-electron chi connectivity index (χ2n) is 4.80. The van der Waals surface area contributed by atoms with Crippen LogP contribution in [0.25, 0.3) is 11.3 Å². The number of anilines is 1. The van der Waals surface area contributed by atoms with Crippen LogP contribution in [0.3, 0.4) is 0 Å². The van der Waals surface area contributed by atoms with Crippen LogP contribution in [-0.4, -0.2) is 10.8 Å². The topological polar surface area (TPSA) is 56.0 Å². The monoisotopic (exact) mass is 308 g/mol. The molecular formula is C18H13ClN2O. The Morgan fingerprint density at radius 3 is 2.36 bits per heavy atom. The summed E-state index contributed by atoms with van der Waals surface area (Å²) in [7, 11) is 0. The summed E-state index contributed by atoms with van der Waals surface area (Å²) < 4.78 is 0. The van der Waals surface area contributed by atoms with E-state index in [4.69, 9.17) is 17.3 Å². The van der Waals surface area contributed by atoms with Crippen molar-refractivity contribution in [2.24, 2.45) is 0 Å². The third kappa shape index (κ3) is 2.59. The second-order valence-corrected chi connectivity index (χ2v) is 5.20. The van der Waals surface area contributed by atoms with Crippen LogP contribution in [0.1, 0.15) is 15.9 Å². The zero-order valence-corrected chi connectivity index (χ0v) is 12.4. The van der Waals surface area contributed by atoms with Gasteiger partial charge in [0.05, 0.1) is 16.4 Å². The Balaban J connectivity index is 2.11. The van der Waals surface area contributed by atoms with Crippen molar-refractivity contribution in [3.05, 3.63) is 83.0 Å². The van der Waals surface area contributed by atoms with Crippen LogP contribution in [0.4, 0.5) is 5.69 Å². The Labute approximate surface area is 133 Å². The summed E-state index contributed by atoms with van der Waals surface area (Å²) in [5.74, 6) is -0.131. The maximum atomic E-state index is 12.6. The van der Waals surface area contributed by atoms with Crippen LogP contribution < -0.4 is 5.73 Å². The Kier molecular flexibility index (Phi) is 3.90. The number of halogens is 1. The molecule has 4 heteroatoms. The number of aromatic nitrogens is 1. The van der Waals surface area contributed by atoms with Gasteiger partial charge in [-0.3, -0.25) is 9.78 Å². The predicted octanol–water partition coefficient (Wildman–Crippen LogP) is 4.22. The Bertz CT molecular complexity index is 832. The number of nitrogens with zero attached hydrogens (tertiary/aromatic N) is 1. The number of nitrogens with two attached hydrogens (primary N) is 1. The Morgan fingerprint density at radius 1 is 0.955 bits per heavy atom. The fourth-order valence-electron chi connectivity index (χ4n) is 2.28.